The van der Waals surface area contributed by atoms with E-state index in [2.05, 4.69) is 17.9 Å². The summed E-state index contributed by atoms with van der Waals surface area (Å²) in [5.74, 6) is -1.53. The van der Waals surface area contributed by atoms with Gasteiger partial charge in [-0.25, -0.2) is 0 Å². The maximum atomic E-state index is 12.6. The highest BCUT2D eigenvalue weighted by atomic mass is 32.1. The van der Waals surface area contributed by atoms with Gasteiger partial charge in [0.15, 0.2) is 0 Å². The van der Waals surface area contributed by atoms with Gasteiger partial charge in [-0.15, -0.1) is 0 Å². The highest BCUT2D eigenvalue weighted by molar-refractivity contribution is 7.80. The molecular weight excluding hydrogens is 340 g/mol. The van der Waals surface area contributed by atoms with Crippen molar-refractivity contribution in [2.45, 2.75) is 31.7 Å². The minimum Gasteiger partial charge on any atom is -0.480 e. The number of aliphatic carboxylic acids is 1. The minimum absolute atomic E-state index is 0.214. The van der Waals surface area contributed by atoms with E-state index in [1.54, 1.807) is 0 Å². The lowest BCUT2D eigenvalue weighted by Gasteiger charge is -2.25. The van der Waals surface area contributed by atoms with Crippen LogP contribution in [0.4, 0.5) is 0 Å². The number of carboxylic acid groups (broad SMARTS) is 1. The summed E-state index contributed by atoms with van der Waals surface area (Å²) < 4.78 is 0. The lowest BCUT2D eigenvalue weighted by molar-refractivity contribution is -0.145. The van der Waals surface area contributed by atoms with E-state index in [0.29, 0.717) is 25.1 Å². The number of benzene rings is 1. The molecule has 0 radical (unpaired) electrons. The molecule has 0 aliphatic carbocycles. The van der Waals surface area contributed by atoms with Gasteiger partial charge in [-0.3, -0.25) is 14.4 Å². The molecule has 0 spiro atoms. The number of thiol groups is 1. The Morgan fingerprint density at radius 3 is 2.64 bits per heavy atom. The van der Waals surface area contributed by atoms with Crippen LogP contribution in [0.3, 0.4) is 0 Å². The largest absolute Gasteiger partial charge is 0.480 e. The van der Waals surface area contributed by atoms with Gasteiger partial charge >= 0.3 is 5.97 Å². The molecule has 1 aliphatic rings. The summed E-state index contributed by atoms with van der Waals surface area (Å²) in [6, 6.07) is 9.00. The normalized spacial score (nSPS) is 19.2. The number of nitrogens with zero attached hydrogens (tertiary/aromatic N) is 1. The van der Waals surface area contributed by atoms with Gasteiger partial charge in [0.05, 0.1) is 5.92 Å². The summed E-state index contributed by atoms with van der Waals surface area (Å²) in [6.07, 6.45) is 2.60. The van der Waals surface area contributed by atoms with E-state index in [1.807, 2.05) is 30.3 Å². The minimum atomic E-state index is -1.04. The van der Waals surface area contributed by atoms with Crippen LogP contribution in [-0.4, -0.2) is 52.7 Å². The Morgan fingerprint density at radius 2 is 2.00 bits per heavy atom. The van der Waals surface area contributed by atoms with E-state index in [-0.39, 0.29) is 24.3 Å². The second-order valence-corrected chi connectivity index (χ2v) is 6.64. The highest BCUT2D eigenvalue weighted by Gasteiger charge is 2.30. The van der Waals surface area contributed by atoms with Crippen molar-refractivity contribution in [3.8, 4) is 0 Å². The van der Waals surface area contributed by atoms with Gasteiger partial charge in [0.2, 0.25) is 11.8 Å². The maximum Gasteiger partial charge on any atom is 0.323 e. The molecule has 1 saturated heterocycles. The number of carboxylic acids is 1. The molecule has 0 bridgehead atoms. The summed E-state index contributed by atoms with van der Waals surface area (Å²) in [4.78, 5) is 37.3. The maximum absolute atomic E-state index is 12.6. The lowest BCUT2D eigenvalue weighted by Crippen LogP contribution is -2.50. The number of hydrogen-bond acceptors (Lipinski definition) is 4. The molecule has 136 valence electrons. The molecular formula is C18H24N2O4S. The lowest BCUT2D eigenvalue weighted by atomic mass is 9.99. The SMILES string of the molecule is O=C(O)CN1CCCCC(NC(=O)C(CS)Cc2ccccc2)C1=O. The molecule has 7 heteroatoms. The quantitative estimate of drug-likeness (QED) is 0.638. The van der Waals surface area contributed by atoms with Crippen molar-refractivity contribution in [1.82, 2.24) is 10.2 Å². The smallest absolute Gasteiger partial charge is 0.323 e. The molecule has 2 amide bonds. The fraction of sp³-hybridized carbons (Fsp3) is 0.500. The molecule has 2 rings (SSSR count). The topological polar surface area (TPSA) is 86.7 Å². The molecule has 1 aliphatic heterocycles. The Labute approximate surface area is 153 Å². The van der Waals surface area contributed by atoms with Gasteiger partial charge in [0.25, 0.3) is 0 Å². The van der Waals surface area contributed by atoms with Gasteiger partial charge in [-0.1, -0.05) is 30.3 Å². The summed E-state index contributed by atoms with van der Waals surface area (Å²) in [7, 11) is 0. The van der Waals surface area contributed by atoms with E-state index < -0.39 is 12.0 Å². The fourth-order valence-electron chi connectivity index (χ4n) is 2.99. The van der Waals surface area contributed by atoms with Gasteiger partial charge in [0, 0.05) is 12.3 Å². The van der Waals surface area contributed by atoms with Crippen LogP contribution in [0.1, 0.15) is 24.8 Å². The van der Waals surface area contributed by atoms with Crippen molar-refractivity contribution in [3.05, 3.63) is 35.9 Å². The molecule has 2 N–H and O–H groups in total. The first-order chi connectivity index (χ1) is 12.0. The number of likely N-dealkylation sites (tertiary alicyclic amines) is 1. The molecule has 1 aromatic carbocycles. The monoisotopic (exact) mass is 364 g/mol. The van der Waals surface area contributed by atoms with E-state index >= 15 is 0 Å². The second-order valence-electron chi connectivity index (χ2n) is 6.28. The Kier molecular flexibility index (Phi) is 7.31. The van der Waals surface area contributed by atoms with Crippen LogP contribution in [0.5, 0.6) is 0 Å². The number of carbonyl (C=O) groups excluding carboxylic acids is 2. The predicted octanol–water partition coefficient (Wildman–Crippen LogP) is 1.36. The summed E-state index contributed by atoms with van der Waals surface area (Å²) in [6.45, 7) is 0.0860. The van der Waals surface area contributed by atoms with Crippen molar-refractivity contribution < 1.29 is 19.5 Å². The van der Waals surface area contributed by atoms with Crippen LogP contribution in [0.25, 0.3) is 0 Å². The predicted molar refractivity (Wildman–Crippen MR) is 97.5 cm³/mol. The number of carbonyl (C=O) groups is 3. The van der Waals surface area contributed by atoms with Crippen LogP contribution < -0.4 is 5.32 Å². The Hall–Kier alpha value is -2.02. The van der Waals surface area contributed by atoms with E-state index in [9.17, 15) is 14.4 Å². The van der Waals surface area contributed by atoms with Crippen LogP contribution in [0, 0.1) is 5.92 Å². The molecule has 25 heavy (non-hydrogen) atoms. The first kappa shape index (κ1) is 19.3. The molecule has 0 saturated carbocycles. The van der Waals surface area contributed by atoms with Crippen LogP contribution in [0.15, 0.2) is 30.3 Å². The van der Waals surface area contributed by atoms with E-state index in [1.165, 1.54) is 4.90 Å². The van der Waals surface area contributed by atoms with Crippen molar-refractivity contribution >= 4 is 30.4 Å². The Balaban J connectivity index is 2.00. The second kappa shape index (κ2) is 9.46. The van der Waals surface area contributed by atoms with Gasteiger partial charge in [-0.2, -0.15) is 12.6 Å². The van der Waals surface area contributed by atoms with Crippen LogP contribution >= 0.6 is 12.6 Å². The van der Waals surface area contributed by atoms with Crippen molar-refractivity contribution in [2.75, 3.05) is 18.8 Å². The molecule has 6 nitrogen and oxygen atoms in total. The third-order valence-corrected chi connectivity index (χ3v) is 4.78. The molecule has 2 atom stereocenters. The zero-order chi connectivity index (χ0) is 18.2. The Bertz CT molecular complexity index is 608. The number of rotatable bonds is 7. The average Bonchev–Trinajstić information content (AvgIpc) is 2.76. The average molecular weight is 364 g/mol. The first-order valence-corrected chi connectivity index (χ1v) is 9.10. The third-order valence-electron chi connectivity index (χ3n) is 4.34. The summed E-state index contributed by atoms with van der Waals surface area (Å²) in [5, 5.41) is 11.8. The summed E-state index contributed by atoms with van der Waals surface area (Å²) >= 11 is 4.28. The molecule has 1 fully saturated rings. The molecule has 1 heterocycles. The van der Waals surface area contributed by atoms with Crippen molar-refractivity contribution in [2.24, 2.45) is 5.92 Å². The first-order valence-electron chi connectivity index (χ1n) is 8.47. The molecule has 2 unspecified atom stereocenters. The van der Waals surface area contributed by atoms with E-state index in [0.717, 1.165) is 18.4 Å². The van der Waals surface area contributed by atoms with Crippen molar-refractivity contribution in [3.63, 3.8) is 0 Å². The van der Waals surface area contributed by atoms with Crippen LogP contribution in [-0.2, 0) is 20.8 Å². The van der Waals surface area contributed by atoms with Gasteiger partial charge in [0.1, 0.15) is 12.6 Å². The van der Waals surface area contributed by atoms with Crippen LogP contribution in [0.2, 0.25) is 0 Å². The van der Waals surface area contributed by atoms with Gasteiger partial charge < -0.3 is 15.3 Å². The third kappa shape index (κ3) is 5.77. The standard InChI is InChI=1S/C18H24N2O4S/c21-16(22)11-20-9-5-4-8-15(18(20)24)19-17(23)14(12-25)10-13-6-2-1-3-7-13/h1-3,6-7,14-15,25H,4-5,8-12H2,(H,19,23)(H,21,22). The Morgan fingerprint density at radius 1 is 1.28 bits per heavy atom. The van der Waals surface area contributed by atoms with Gasteiger partial charge in [-0.05, 0) is 31.2 Å². The van der Waals surface area contributed by atoms with E-state index in [4.69, 9.17) is 5.11 Å². The number of nitrogens with one attached hydrogen (secondary N) is 1. The number of amides is 2. The van der Waals surface area contributed by atoms with Crippen molar-refractivity contribution in [1.29, 1.82) is 0 Å². The molecule has 1 aromatic rings. The number of hydrogen-bond donors (Lipinski definition) is 3. The fourth-order valence-corrected chi connectivity index (χ4v) is 3.28. The molecule has 0 aromatic heterocycles. The zero-order valence-electron chi connectivity index (χ0n) is 14.1. The zero-order valence-corrected chi connectivity index (χ0v) is 15.0. The summed E-state index contributed by atoms with van der Waals surface area (Å²) in [5.41, 5.74) is 1.04. The highest BCUT2D eigenvalue weighted by Crippen LogP contribution is 2.15.